The van der Waals surface area contributed by atoms with Gasteiger partial charge in [-0.25, -0.2) is 0 Å². The van der Waals surface area contributed by atoms with Crippen LogP contribution >= 0.6 is 52.4 Å². The fourth-order valence-corrected chi connectivity index (χ4v) is 4.31. The summed E-state index contributed by atoms with van der Waals surface area (Å²) in [6.07, 6.45) is 3.50. The van der Waals surface area contributed by atoms with Crippen LogP contribution in [-0.2, 0) is 16.3 Å². The summed E-state index contributed by atoms with van der Waals surface area (Å²) in [7, 11) is 0. The quantitative estimate of drug-likeness (QED) is 0.376. The first kappa shape index (κ1) is 16.9. The minimum atomic E-state index is -2.38. The molecular formula is C8H17Cl2OPS3. The molecular weight excluding hydrogens is 310 g/mol. The molecule has 0 unspecified atom stereocenters. The first-order valence-electron chi connectivity index (χ1n) is 4.84. The average molecular weight is 327 g/mol. The molecule has 1 nitrogen and oxygen atoms in total. The molecule has 0 radical (unpaired) electrons. The molecule has 0 aliphatic rings. The second kappa shape index (κ2) is 7.35. The SMILES string of the molecule is CCCC[C@H](Cl)[C@@](Cl)(CC)OP(=S)(S)S. The zero-order chi connectivity index (χ0) is 12.1. The van der Waals surface area contributed by atoms with Gasteiger partial charge in [-0.3, -0.25) is 0 Å². The maximum atomic E-state index is 6.30. The zero-order valence-corrected chi connectivity index (χ0v) is 13.8. The predicted molar refractivity (Wildman–Crippen MR) is 81.4 cm³/mol. The molecule has 0 spiro atoms. The third kappa shape index (κ3) is 7.03. The lowest BCUT2D eigenvalue weighted by Crippen LogP contribution is -2.33. The molecule has 0 heterocycles. The normalized spacial score (nSPS) is 18.5. The van der Waals surface area contributed by atoms with Crippen LogP contribution in [0.3, 0.4) is 0 Å². The highest BCUT2D eigenvalue weighted by Crippen LogP contribution is 2.61. The molecule has 0 bridgehead atoms. The van der Waals surface area contributed by atoms with E-state index in [1.807, 2.05) is 6.92 Å². The molecule has 7 heteroatoms. The summed E-state index contributed by atoms with van der Waals surface area (Å²) in [4.78, 5) is 0. The van der Waals surface area contributed by atoms with Gasteiger partial charge in [0.2, 0.25) is 0 Å². The molecule has 0 fully saturated rings. The minimum absolute atomic E-state index is 0.259. The Morgan fingerprint density at radius 3 is 2.33 bits per heavy atom. The van der Waals surface area contributed by atoms with E-state index in [4.69, 9.17) is 39.5 Å². The minimum Gasteiger partial charge on any atom is -0.310 e. The van der Waals surface area contributed by atoms with Gasteiger partial charge in [0.25, 0.3) is 0 Å². The maximum absolute atomic E-state index is 6.30. The van der Waals surface area contributed by atoms with Crippen molar-refractivity contribution in [2.45, 2.75) is 50.0 Å². The molecule has 0 aliphatic heterocycles. The first-order chi connectivity index (χ1) is 6.75. The van der Waals surface area contributed by atoms with Crippen molar-refractivity contribution in [1.29, 1.82) is 0 Å². The van der Waals surface area contributed by atoms with Gasteiger partial charge in [-0.1, -0.05) is 38.3 Å². The first-order valence-corrected chi connectivity index (χ1v) is 10.7. The fourth-order valence-electron chi connectivity index (χ4n) is 1.14. The van der Waals surface area contributed by atoms with E-state index in [1.54, 1.807) is 0 Å². The van der Waals surface area contributed by atoms with Crippen molar-refractivity contribution in [2.24, 2.45) is 0 Å². The standard InChI is InChI=1S/C8H17Cl2OPS3/c1-3-5-6-7(9)8(10,4-2)11-12(13,14)15/h7H,3-6H2,1-2H3,(H2,13,14,15)/t7-,8+/m0/s1. The summed E-state index contributed by atoms with van der Waals surface area (Å²) in [5.74, 6) is 0. The van der Waals surface area contributed by atoms with Crippen LogP contribution in [0.25, 0.3) is 0 Å². The highest BCUT2D eigenvalue weighted by atomic mass is 35.5. The van der Waals surface area contributed by atoms with E-state index in [9.17, 15) is 0 Å². The number of halogens is 2. The Hall–Kier alpha value is 1.89. The number of unbranched alkanes of at least 4 members (excludes halogenated alkanes) is 1. The Balaban J connectivity index is 4.47. The van der Waals surface area contributed by atoms with Crippen molar-refractivity contribution < 1.29 is 4.52 Å². The number of thiol groups is 2. The van der Waals surface area contributed by atoms with Crippen molar-refractivity contribution >= 4 is 64.2 Å². The summed E-state index contributed by atoms with van der Waals surface area (Å²) < 4.78 is 3.14. The van der Waals surface area contributed by atoms with Crippen LogP contribution in [0.5, 0.6) is 0 Å². The highest BCUT2D eigenvalue weighted by Gasteiger charge is 2.37. The van der Waals surface area contributed by atoms with Crippen LogP contribution in [0.2, 0.25) is 0 Å². The van der Waals surface area contributed by atoms with Gasteiger partial charge >= 0.3 is 0 Å². The third-order valence-corrected chi connectivity index (χ3v) is 4.71. The summed E-state index contributed by atoms with van der Waals surface area (Å²) in [6.45, 7) is 4.02. The van der Waals surface area contributed by atoms with Gasteiger partial charge in [-0.2, -0.15) is 0 Å². The second-order valence-electron chi connectivity index (χ2n) is 3.33. The Morgan fingerprint density at radius 2 is 2.00 bits per heavy atom. The van der Waals surface area contributed by atoms with Crippen molar-refractivity contribution in [3.05, 3.63) is 0 Å². The number of alkyl halides is 2. The van der Waals surface area contributed by atoms with Gasteiger partial charge in [-0.05, 0) is 24.6 Å². The van der Waals surface area contributed by atoms with Gasteiger partial charge < -0.3 is 4.52 Å². The molecule has 0 aromatic heterocycles. The van der Waals surface area contributed by atoms with Crippen molar-refractivity contribution in [2.75, 3.05) is 0 Å². The predicted octanol–water partition coefficient (Wildman–Crippen LogP) is 5.23. The molecule has 0 saturated heterocycles. The smallest absolute Gasteiger partial charge is 0.170 e. The topological polar surface area (TPSA) is 9.23 Å². The molecule has 0 rings (SSSR count). The molecule has 15 heavy (non-hydrogen) atoms. The van der Waals surface area contributed by atoms with Crippen LogP contribution in [0.15, 0.2) is 0 Å². The molecule has 0 amide bonds. The number of rotatable bonds is 7. The monoisotopic (exact) mass is 326 g/mol. The average Bonchev–Trinajstić information content (AvgIpc) is 2.11. The molecule has 0 aliphatic carbocycles. The van der Waals surface area contributed by atoms with Crippen molar-refractivity contribution in [1.82, 2.24) is 0 Å². The van der Waals surface area contributed by atoms with E-state index in [0.717, 1.165) is 19.3 Å². The van der Waals surface area contributed by atoms with Gasteiger partial charge in [0.05, 0.1) is 5.38 Å². The Bertz CT molecular complexity index is 236. The summed E-state index contributed by atoms with van der Waals surface area (Å²) in [6, 6.07) is 0. The van der Waals surface area contributed by atoms with Crippen LogP contribution in [0, 0.1) is 0 Å². The molecule has 92 valence electrons. The largest absolute Gasteiger partial charge is 0.310 e. The van der Waals surface area contributed by atoms with Crippen molar-refractivity contribution in [3.8, 4) is 0 Å². The summed E-state index contributed by atoms with van der Waals surface area (Å²) in [5, 5.41) is -1.19. The Morgan fingerprint density at radius 1 is 1.47 bits per heavy atom. The molecule has 0 saturated carbocycles. The Labute approximate surface area is 118 Å². The lowest BCUT2D eigenvalue weighted by atomic mass is 10.1. The summed E-state index contributed by atoms with van der Waals surface area (Å²) in [5.41, 5.74) is 0. The van der Waals surface area contributed by atoms with E-state index in [0.29, 0.717) is 6.42 Å². The van der Waals surface area contributed by atoms with E-state index in [-0.39, 0.29) is 5.38 Å². The van der Waals surface area contributed by atoms with Crippen molar-refractivity contribution in [3.63, 3.8) is 0 Å². The van der Waals surface area contributed by atoms with Gasteiger partial charge in [0.1, 0.15) is 0 Å². The van der Waals surface area contributed by atoms with Gasteiger partial charge in [-0.15, -0.1) is 36.1 Å². The summed E-state index contributed by atoms with van der Waals surface area (Å²) >= 11 is 25.8. The number of hydrogen-bond donors (Lipinski definition) is 2. The molecule has 2 atom stereocenters. The van der Waals surface area contributed by atoms with E-state index < -0.39 is 9.73 Å². The number of hydrogen-bond acceptors (Lipinski definition) is 2. The molecule has 0 N–H and O–H groups in total. The van der Waals surface area contributed by atoms with Crippen LogP contribution in [0.4, 0.5) is 0 Å². The highest BCUT2D eigenvalue weighted by molar-refractivity contribution is 8.90. The second-order valence-corrected chi connectivity index (χ2v) is 13.2. The lowest BCUT2D eigenvalue weighted by Gasteiger charge is -2.32. The van der Waals surface area contributed by atoms with E-state index in [2.05, 4.69) is 31.4 Å². The van der Waals surface area contributed by atoms with E-state index >= 15 is 0 Å². The van der Waals surface area contributed by atoms with Crippen LogP contribution < -0.4 is 0 Å². The van der Waals surface area contributed by atoms with Crippen LogP contribution in [-0.4, -0.2) is 10.4 Å². The maximum Gasteiger partial charge on any atom is 0.170 e. The fraction of sp³-hybridized carbons (Fsp3) is 1.00. The molecule has 0 aromatic rings. The Kier molecular flexibility index (Phi) is 8.28. The lowest BCUT2D eigenvalue weighted by molar-refractivity contribution is 0.169. The molecule has 0 aromatic carbocycles. The van der Waals surface area contributed by atoms with Crippen LogP contribution in [0.1, 0.15) is 39.5 Å². The van der Waals surface area contributed by atoms with Gasteiger partial charge in [0, 0.05) is 0 Å². The zero-order valence-electron chi connectivity index (χ0n) is 8.82. The van der Waals surface area contributed by atoms with E-state index in [1.165, 1.54) is 0 Å². The third-order valence-electron chi connectivity index (χ3n) is 2.03. The van der Waals surface area contributed by atoms with Gasteiger partial charge in [0.15, 0.2) is 9.73 Å².